The van der Waals surface area contributed by atoms with Gasteiger partial charge in [-0.3, -0.25) is 14.4 Å². The molecule has 2 amide bonds. The van der Waals surface area contributed by atoms with Crippen LogP contribution in [0.4, 0.5) is 0 Å². The van der Waals surface area contributed by atoms with Gasteiger partial charge in [-0.1, -0.05) is 12.1 Å². The summed E-state index contributed by atoms with van der Waals surface area (Å²) in [6.07, 6.45) is 4.90. The lowest BCUT2D eigenvalue weighted by Crippen LogP contribution is -2.46. The van der Waals surface area contributed by atoms with Gasteiger partial charge in [0.1, 0.15) is 0 Å². The van der Waals surface area contributed by atoms with E-state index in [1.54, 1.807) is 47.6 Å². The van der Waals surface area contributed by atoms with E-state index in [2.05, 4.69) is 10.3 Å². The number of amides is 2. The van der Waals surface area contributed by atoms with Gasteiger partial charge in [0.2, 0.25) is 5.91 Å². The Morgan fingerprint density at radius 1 is 1.11 bits per heavy atom. The van der Waals surface area contributed by atoms with Crippen molar-refractivity contribution >= 4 is 17.6 Å². The highest BCUT2D eigenvalue weighted by atomic mass is 16.2. The predicted molar refractivity (Wildman–Crippen MR) is 101 cm³/mol. The van der Waals surface area contributed by atoms with Gasteiger partial charge in [-0.05, 0) is 31.0 Å². The number of nitrogens with two attached hydrogens (primary N) is 1. The van der Waals surface area contributed by atoms with Crippen molar-refractivity contribution in [1.29, 1.82) is 0 Å². The number of hydrogen-bond donors (Lipinski definition) is 3. The molecule has 2 heterocycles. The predicted octanol–water partition coefficient (Wildman–Crippen LogP) is 1.17. The molecule has 0 aliphatic carbocycles. The van der Waals surface area contributed by atoms with Gasteiger partial charge >= 0.3 is 0 Å². The molecule has 4 N–H and O–H groups in total. The Morgan fingerprint density at radius 3 is 2.52 bits per heavy atom. The van der Waals surface area contributed by atoms with Gasteiger partial charge in [0.05, 0.1) is 5.92 Å². The molecule has 1 atom stereocenters. The molecule has 1 aromatic carbocycles. The fourth-order valence-corrected chi connectivity index (χ4v) is 3.29. The second-order valence-electron chi connectivity index (χ2n) is 6.68. The summed E-state index contributed by atoms with van der Waals surface area (Å²) in [7, 11) is 0. The van der Waals surface area contributed by atoms with Crippen LogP contribution in [0.5, 0.6) is 0 Å². The summed E-state index contributed by atoms with van der Waals surface area (Å²) < 4.78 is 0. The summed E-state index contributed by atoms with van der Waals surface area (Å²) >= 11 is 0. The highest BCUT2D eigenvalue weighted by Gasteiger charge is 2.28. The van der Waals surface area contributed by atoms with Crippen molar-refractivity contribution < 1.29 is 14.4 Å². The number of H-pyrrole nitrogens is 1. The quantitative estimate of drug-likeness (QED) is 0.665. The molecule has 0 bridgehead atoms. The van der Waals surface area contributed by atoms with Crippen LogP contribution >= 0.6 is 0 Å². The fourth-order valence-electron chi connectivity index (χ4n) is 3.29. The Morgan fingerprint density at radius 2 is 1.85 bits per heavy atom. The lowest BCUT2D eigenvalue weighted by Gasteiger charge is -2.32. The molecule has 27 heavy (non-hydrogen) atoms. The molecule has 0 spiro atoms. The number of hydrogen-bond acceptors (Lipinski definition) is 4. The van der Waals surface area contributed by atoms with Gasteiger partial charge in [-0.15, -0.1) is 0 Å². The number of nitrogens with one attached hydrogen (secondary N) is 2. The number of likely N-dealkylation sites (tertiary alicyclic amines) is 1. The number of rotatable bonds is 6. The SMILES string of the molecule is NCCNC(=O)C1CCCN(C(=O)c2ccc(C(=O)c3cc[nH]c3)cc2)C1. The maximum absolute atomic E-state index is 12.8. The Hall–Kier alpha value is -2.93. The third kappa shape index (κ3) is 4.43. The van der Waals surface area contributed by atoms with E-state index in [1.165, 1.54) is 0 Å². The van der Waals surface area contributed by atoms with Gasteiger partial charge in [0.15, 0.2) is 5.78 Å². The molecule has 0 saturated carbocycles. The minimum Gasteiger partial charge on any atom is -0.367 e. The molecule has 2 aromatic rings. The third-order valence-electron chi connectivity index (χ3n) is 4.78. The van der Waals surface area contributed by atoms with Crippen LogP contribution in [0, 0.1) is 5.92 Å². The highest BCUT2D eigenvalue weighted by molar-refractivity contribution is 6.09. The Kier molecular flexibility index (Phi) is 6.03. The molecular weight excluding hydrogens is 344 g/mol. The number of benzene rings is 1. The smallest absolute Gasteiger partial charge is 0.253 e. The summed E-state index contributed by atoms with van der Waals surface area (Å²) in [5.74, 6) is -0.467. The lowest BCUT2D eigenvalue weighted by atomic mass is 9.96. The van der Waals surface area contributed by atoms with Crippen molar-refractivity contribution in [1.82, 2.24) is 15.2 Å². The van der Waals surface area contributed by atoms with Crippen LogP contribution in [0.15, 0.2) is 42.7 Å². The summed E-state index contributed by atoms with van der Waals surface area (Å²) in [4.78, 5) is 41.8. The average Bonchev–Trinajstić information content (AvgIpc) is 3.26. The van der Waals surface area contributed by atoms with Gasteiger partial charge in [-0.2, -0.15) is 0 Å². The lowest BCUT2D eigenvalue weighted by molar-refractivity contribution is -0.126. The average molecular weight is 368 g/mol. The topological polar surface area (TPSA) is 108 Å². The van der Waals surface area contributed by atoms with Gasteiger partial charge < -0.3 is 20.9 Å². The van der Waals surface area contributed by atoms with E-state index in [9.17, 15) is 14.4 Å². The van der Waals surface area contributed by atoms with Crippen LogP contribution in [0.2, 0.25) is 0 Å². The molecule has 1 aliphatic rings. The zero-order valence-electron chi connectivity index (χ0n) is 15.1. The van der Waals surface area contributed by atoms with E-state index in [1.807, 2.05) is 0 Å². The Bertz CT molecular complexity index is 799. The van der Waals surface area contributed by atoms with Gasteiger partial charge in [0.25, 0.3) is 5.91 Å². The van der Waals surface area contributed by atoms with Crippen molar-refractivity contribution in [3.63, 3.8) is 0 Å². The van der Waals surface area contributed by atoms with Crippen molar-refractivity contribution in [2.45, 2.75) is 12.8 Å². The number of ketones is 1. The number of aromatic amines is 1. The fraction of sp³-hybridized carbons (Fsp3) is 0.350. The van der Waals surface area contributed by atoms with Crippen LogP contribution in [-0.4, -0.2) is 53.7 Å². The molecular formula is C20H24N4O3. The first-order valence-corrected chi connectivity index (χ1v) is 9.14. The number of aromatic nitrogens is 1. The number of nitrogens with zero attached hydrogens (tertiary/aromatic N) is 1. The van der Waals surface area contributed by atoms with E-state index in [-0.39, 0.29) is 23.5 Å². The summed E-state index contributed by atoms with van der Waals surface area (Å²) in [5, 5.41) is 2.79. The maximum atomic E-state index is 12.8. The highest BCUT2D eigenvalue weighted by Crippen LogP contribution is 2.19. The van der Waals surface area contributed by atoms with E-state index in [0.29, 0.717) is 42.9 Å². The second-order valence-corrected chi connectivity index (χ2v) is 6.68. The molecule has 7 heteroatoms. The van der Waals surface area contributed by atoms with Gasteiger partial charge in [-0.25, -0.2) is 0 Å². The second kappa shape index (κ2) is 8.64. The molecule has 1 unspecified atom stereocenters. The van der Waals surface area contributed by atoms with E-state index >= 15 is 0 Å². The monoisotopic (exact) mass is 368 g/mol. The number of carbonyl (C=O) groups is 3. The number of carbonyl (C=O) groups excluding carboxylic acids is 3. The molecule has 1 saturated heterocycles. The van der Waals surface area contributed by atoms with Crippen molar-refractivity contribution in [3.05, 3.63) is 59.4 Å². The summed E-state index contributed by atoms with van der Waals surface area (Å²) in [5.41, 5.74) is 7.05. The Labute approximate surface area is 157 Å². The largest absolute Gasteiger partial charge is 0.367 e. The van der Waals surface area contributed by atoms with Gasteiger partial charge in [0, 0.05) is 55.3 Å². The van der Waals surface area contributed by atoms with Crippen LogP contribution < -0.4 is 11.1 Å². The van der Waals surface area contributed by atoms with Crippen LogP contribution in [-0.2, 0) is 4.79 Å². The van der Waals surface area contributed by atoms with E-state index < -0.39 is 0 Å². The third-order valence-corrected chi connectivity index (χ3v) is 4.78. The molecule has 142 valence electrons. The van der Waals surface area contributed by atoms with E-state index in [0.717, 1.165) is 12.8 Å². The first-order valence-electron chi connectivity index (χ1n) is 9.14. The summed E-state index contributed by atoms with van der Waals surface area (Å²) in [6.45, 7) is 1.87. The zero-order valence-corrected chi connectivity index (χ0v) is 15.1. The van der Waals surface area contributed by atoms with Crippen molar-refractivity contribution in [3.8, 4) is 0 Å². The van der Waals surface area contributed by atoms with Crippen molar-refractivity contribution in [2.75, 3.05) is 26.2 Å². The molecule has 1 fully saturated rings. The molecule has 0 radical (unpaired) electrons. The van der Waals surface area contributed by atoms with Crippen LogP contribution in [0.1, 0.15) is 39.1 Å². The molecule has 7 nitrogen and oxygen atoms in total. The first kappa shape index (κ1) is 18.8. The van der Waals surface area contributed by atoms with Crippen molar-refractivity contribution in [2.24, 2.45) is 11.7 Å². The molecule has 1 aromatic heterocycles. The molecule has 3 rings (SSSR count). The normalized spacial score (nSPS) is 16.8. The zero-order chi connectivity index (χ0) is 19.2. The first-order chi connectivity index (χ1) is 13.1. The van der Waals surface area contributed by atoms with Crippen LogP contribution in [0.3, 0.4) is 0 Å². The number of piperidine rings is 1. The van der Waals surface area contributed by atoms with E-state index in [4.69, 9.17) is 5.73 Å². The maximum Gasteiger partial charge on any atom is 0.253 e. The standard InChI is InChI=1S/C20H24N4O3/c21-8-10-23-19(26)17-2-1-11-24(13-17)20(27)15-5-3-14(4-6-15)18(25)16-7-9-22-12-16/h3-7,9,12,17,22H,1-2,8,10-11,13,21H2,(H,23,26). The minimum absolute atomic E-state index is 0.0506. The Balaban J connectivity index is 1.65. The summed E-state index contributed by atoms with van der Waals surface area (Å²) in [6, 6.07) is 8.38. The molecule has 1 aliphatic heterocycles. The minimum atomic E-state index is -0.205. The van der Waals surface area contributed by atoms with Crippen LogP contribution in [0.25, 0.3) is 0 Å².